The molecule has 0 spiro atoms. The van der Waals surface area contributed by atoms with Crippen LogP contribution in [0.3, 0.4) is 0 Å². The first-order chi connectivity index (χ1) is 4.04. The second-order valence-electron chi connectivity index (χ2n) is 3.27. The van der Waals surface area contributed by atoms with E-state index in [0.717, 1.165) is 12.8 Å². The number of hydrogen-bond donors (Lipinski definition) is 0. The van der Waals surface area contributed by atoms with Crippen LogP contribution in [0.4, 0.5) is 0 Å². The molecule has 2 heteroatoms. The van der Waals surface area contributed by atoms with Crippen LogP contribution >= 0.6 is 0 Å². The Labute approximate surface area is 55.8 Å². The molecule has 1 aliphatic rings. The number of nitrogens with zero attached hydrogens (tertiary/aromatic N) is 1. The van der Waals surface area contributed by atoms with Crippen LogP contribution in [-0.4, -0.2) is 23.4 Å². The monoisotopic (exact) mass is 127 g/mol. The molecular weight excluding hydrogens is 114 g/mol. The SMILES string of the molecule is CN1C(=O)CCC1(C)C. The Balaban J connectivity index is 2.73. The minimum Gasteiger partial charge on any atom is -0.341 e. The first-order valence-corrected chi connectivity index (χ1v) is 3.31. The van der Waals surface area contributed by atoms with Crippen LogP contribution in [0.25, 0.3) is 0 Å². The summed E-state index contributed by atoms with van der Waals surface area (Å²) < 4.78 is 0. The molecular formula is C7H13NO. The molecule has 0 unspecified atom stereocenters. The fraction of sp³-hybridized carbons (Fsp3) is 0.857. The van der Waals surface area contributed by atoms with Gasteiger partial charge in [0, 0.05) is 19.0 Å². The van der Waals surface area contributed by atoms with Gasteiger partial charge in [-0.15, -0.1) is 0 Å². The van der Waals surface area contributed by atoms with E-state index >= 15 is 0 Å². The molecule has 0 aliphatic carbocycles. The van der Waals surface area contributed by atoms with Gasteiger partial charge in [0.1, 0.15) is 0 Å². The van der Waals surface area contributed by atoms with Crippen molar-refractivity contribution < 1.29 is 4.79 Å². The standard InChI is InChI=1S/C7H13NO/c1-7(2)5-4-6(9)8(7)3/h4-5H2,1-3H3. The van der Waals surface area contributed by atoms with Gasteiger partial charge >= 0.3 is 0 Å². The van der Waals surface area contributed by atoms with Crippen molar-refractivity contribution in [3.8, 4) is 0 Å². The topological polar surface area (TPSA) is 20.3 Å². The highest BCUT2D eigenvalue weighted by Gasteiger charge is 2.34. The number of amides is 1. The highest BCUT2D eigenvalue weighted by Crippen LogP contribution is 2.26. The summed E-state index contributed by atoms with van der Waals surface area (Å²) in [4.78, 5) is 12.7. The van der Waals surface area contributed by atoms with E-state index in [4.69, 9.17) is 0 Å². The number of carbonyl (C=O) groups excluding carboxylic acids is 1. The molecule has 9 heavy (non-hydrogen) atoms. The third kappa shape index (κ3) is 0.934. The Morgan fingerprint density at radius 3 is 2.22 bits per heavy atom. The first-order valence-electron chi connectivity index (χ1n) is 3.31. The summed E-state index contributed by atoms with van der Waals surface area (Å²) in [6.07, 6.45) is 1.73. The summed E-state index contributed by atoms with van der Waals surface area (Å²) in [6, 6.07) is 0. The van der Waals surface area contributed by atoms with Crippen molar-refractivity contribution in [3.63, 3.8) is 0 Å². The molecule has 1 saturated heterocycles. The van der Waals surface area contributed by atoms with Crippen molar-refractivity contribution in [1.82, 2.24) is 4.90 Å². The van der Waals surface area contributed by atoms with E-state index in [0.29, 0.717) is 0 Å². The van der Waals surface area contributed by atoms with Gasteiger partial charge in [-0.1, -0.05) is 0 Å². The second kappa shape index (κ2) is 1.72. The Morgan fingerprint density at radius 1 is 1.56 bits per heavy atom. The molecule has 0 aromatic rings. The molecule has 0 atom stereocenters. The molecule has 1 amide bonds. The van der Waals surface area contributed by atoms with Crippen molar-refractivity contribution in [2.24, 2.45) is 0 Å². The van der Waals surface area contributed by atoms with E-state index in [2.05, 4.69) is 13.8 Å². The normalized spacial score (nSPS) is 25.2. The lowest BCUT2D eigenvalue weighted by molar-refractivity contribution is -0.128. The number of hydrogen-bond acceptors (Lipinski definition) is 1. The quantitative estimate of drug-likeness (QED) is 0.475. The maximum atomic E-state index is 10.9. The van der Waals surface area contributed by atoms with Crippen LogP contribution in [0, 0.1) is 0 Å². The van der Waals surface area contributed by atoms with Crippen LogP contribution in [-0.2, 0) is 4.79 Å². The minimum atomic E-state index is 0.108. The molecule has 0 bridgehead atoms. The Bertz CT molecular complexity index is 140. The van der Waals surface area contributed by atoms with Gasteiger partial charge in [-0.25, -0.2) is 0 Å². The maximum absolute atomic E-state index is 10.9. The summed E-state index contributed by atoms with van der Waals surface area (Å²) in [5.74, 6) is 0.278. The van der Waals surface area contributed by atoms with E-state index in [1.54, 1.807) is 0 Å². The third-order valence-corrected chi connectivity index (χ3v) is 2.23. The zero-order chi connectivity index (χ0) is 7.07. The summed E-state index contributed by atoms with van der Waals surface area (Å²) in [6.45, 7) is 4.19. The van der Waals surface area contributed by atoms with Crippen LogP contribution in [0.2, 0.25) is 0 Å². The van der Waals surface area contributed by atoms with Crippen LogP contribution < -0.4 is 0 Å². The van der Waals surface area contributed by atoms with E-state index in [1.807, 2.05) is 11.9 Å². The fourth-order valence-corrected chi connectivity index (χ4v) is 1.09. The second-order valence-corrected chi connectivity index (χ2v) is 3.27. The Hall–Kier alpha value is -0.530. The first kappa shape index (κ1) is 6.59. The van der Waals surface area contributed by atoms with Gasteiger partial charge in [0.05, 0.1) is 0 Å². The highest BCUT2D eigenvalue weighted by molar-refractivity contribution is 5.79. The van der Waals surface area contributed by atoms with Crippen molar-refractivity contribution in [1.29, 1.82) is 0 Å². The van der Waals surface area contributed by atoms with Gasteiger partial charge in [-0.2, -0.15) is 0 Å². The fourth-order valence-electron chi connectivity index (χ4n) is 1.09. The van der Waals surface area contributed by atoms with Gasteiger partial charge < -0.3 is 4.90 Å². The lowest BCUT2D eigenvalue weighted by Gasteiger charge is -2.27. The molecule has 0 N–H and O–H groups in total. The largest absolute Gasteiger partial charge is 0.341 e. The van der Waals surface area contributed by atoms with E-state index in [1.165, 1.54) is 0 Å². The minimum absolute atomic E-state index is 0.108. The van der Waals surface area contributed by atoms with E-state index < -0.39 is 0 Å². The average Bonchev–Trinajstić information content (AvgIpc) is 1.97. The Kier molecular flexibility index (Phi) is 1.26. The molecule has 1 rings (SSSR count). The van der Waals surface area contributed by atoms with Gasteiger partial charge in [0.2, 0.25) is 5.91 Å². The summed E-state index contributed by atoms with van der Waals surface area (Å²) >= 11 is 0. The Morgan fingerprint density at radius 2 is 2.11 bits per heavy atom. The van der Waals surface area contributed by atoms with Crippen molar-refractivity contribution >= 4 is 5.91 Å². The van der Waals surface area contributed by atoms with E-state index in [9.17, 15) is 4.79 Å². The summed E-state index contributed by atoms with van der Waals surface area (Å²) in [7, 11) is 1.87. The molecule has 0 radical (unpaired) electrons. The third-order valence-electron chi connectivity index (χ3n) is 2.23. The predicted octanol–water partition coefficient (Wildman–Crippen LogP) is 1.02. The molecule has 1 fully saturated rings. The van der Waals surface area contributed by atoms with Crippen molar-refractivity contribution in [3.05, 3.63) is 0 Å². The number of carbonyl (C=O) groups is 1. The lowest BCUT2D eigenvalue weighted by atomic mass is 10.0. The van der Waals surface area contributed by atoms with Crippen LogP contribution in [0.15, 0.2) is 0 Å². The maximum Gasteiger partial charge on any atom is 0.222 e. The molecule has 1 aliphatic heterocycles. The van der Waals surface area contributed by atoms with Gasteiger partial charge in [0.25, 0.3) is 0 Å². The van der Waals surface area contributed by atoms with Gasteiger partial charge in [-0.05, 0) is 20.3 Å². The summed E-state index contributed by atoms with van der Waals surface area (Å²) in [5, 5.41) is 0. The number of rotatable bonds is 0. The molecule has 1 heterocycles. The molecule has 0 aromatic carbocycles. The molecule has 52 valence electrons. The van der Waals surface area contributed by atoms with E-state index in [-0.39, 0.29) is 11.4 Å². The van der Waals surface area contributed by atoms with Crippen molar-refractivity contribution in [2.75, 3.05) is 7.05 Å². The van der Waals surface area contributed by atoms with Gasteiger partial charge in [-0.3, -0.25) is 4.79 Å². The van der Waals surface area contributed by atoms with Crippen molar-refractivity contribution in [2.45, 2.75) is 32.2 Å². The highest BCUT2D eigenvalue weighted by atomic mass is 16.2. The molecule has 0 aromatic heterocycles. The van der Waals surface area contributed by atoms with Crippen LogP contribution in [0.1, 0.15) is 26.7 Å². The average molecular weight is 127 g/mol. The molecule has 0 saturated carbocycles. The lowest BCUT2D eigenvalue weighted by Crippen LogP contribution is -2.36. The summed E-state index contributed by atoms with van der Waals surface area (Å²) in [5.41, 5.74) is 0.108. The predicted molar refractivity (Wildman–Crippen MR) is 36.1 cm³/mol. The van der Waals surface area contributed by atoms with Gasteiger partial charge in [0.15, 0.2) is 0 Å². The molecule has 2 nitrogen and oxygen atoms in total. The number of likely N-dealkylation sites (tertiary alicyclic amines) is 1. The smallest absolute Gasteiger partial charge is 0.222 e. The van der Waals surface area contributed by atoms with Crippen LogP contribution in [0.5, 0.6) is 0 Å². The zero-order valence-electron chi connectivity index (χ0n) is 6.27. The zero-order valence-corrected chi connectivity index (χ0v) is 6.27.